The summed E-state index contributed by atoms with van der Waals surface area (Å²) in [4.78, 5) is 24.3. The smallest absolute Gasteiger partial charge is 0.275 e. The van der Waals surface area contributed by atoms with Gasteiger partial charge in [-0.2, -0.15) is 0 Å². The lowest BCUT2D eigenvalue weighted by Crippen LogP contribution is -3.16. The lowest BCUT2D eigenvalue weighted by atomic mass is 9.89. The van der Waals surface area contributed by atoms with Crippen molar-refractivity contribution >= 4 is 11.9 Å². The van der Waals surface area contributed by atoms with Crippen molar-refractivity contribution in [3.63, 3.8) is 0 Å². The fraction of sp³-hybridized carbons (Fsp3) is 0.706. The van der Waals surface area contributed by atoms with Gasteiger partial charge in [-0.25, -0.2) is 9.97 Å². The van der Waals surface area contributed by atoms with E-state index in [-0.39, 0.29) is 5.91 Å². The molecule has 1 aliphatic heterocycles. The van der Waals surface area contributed by atoms with Crippen LogP contribution in [0.1, 0.15) is 32.1 Å². The van der Waals surface area contributed by atoms with Crippen molar-refractivity contribution in [2.45, 2.75) is 32.1 Å². The number of piperazine rings is 1. The van der Waals surface area contributed by atoms with E-state index in [1.807, 2.05) is 6.07 Å². The monoisotopic (exact) mass is 318 g/mol. The number of amides is 1. The van der Waals surface area contributed by atoms with Gasteiger partial charge >= 0.3 is 0 Å². The summed E-state index contributed by atoms with van der Waals surface area (Å²) >= 11 is 0. The van der Waals surface area contributed by atoms with Gasteiger partial charge in [-0.1, -0.05) is 19.3 Å². The van der Waals surface area contributed by atoms with E-state index in [0.717, 1.165) is 38.7 Å². The number of quaternary nitrogens is 1. The minimum Gasteiger partial charge on any atom is -0.351 e. The minimum absolute atomic E-state index is 0.204. The van der Waals surface area contributed by atoms with E-state index in [4.69, 9.17) is 0 Å². The molecule has 2 N–H and O–H groups in total. The quantitative estimate of drug-likeness (QED) is 0.794. The van der Waals surface area contributed by atoms with Crippen LogP contribution in [0.4, 0.5) is 5.95 Å². The molecule has 0 aromatic carbocycles. The molecular formula is C17H28N5O+. The first-order valence-corrected chi connectivity index (χ1v) is 8.93. The van der Waals surface area contributed by atoms with E-state index >= 15 is 0 Å². The lowest BCUT2D eigenvalue weighted by molar-refractivity contribution is -0.892. The molecule has 0 bridgehead atoms. The molecule has 1 amide bonds. The Kier molecular flexibility index (Phi) is 5.80. The lowest BCUT2D eigenvalue weighted by Gasteiger charge is -2.31. The number of hydrogen-bond donors (Lipinski definition) is 2. The van der Waals surface area contributed by atoms with Gasteiger partial charge < -0.3 is 15.1 Å². The molecule has 1 saturated heterocycles. The van der Waals surface area contributed by atoms with Crippen molar-refractivity contribution in [2.75, 3.05) is 44.2 Å². The van der Waals surface area contributed by atoms with Gasteiger partial charge in [0.1, 0.15) is 0 Å². The minimum atomic E-state index is 0.204. The third-order valence-corrected chi connectivity index (χ3v) is 5.03. The number of anilines is 1. The van der Waals surface area contributed by atoms with Crippen LogP contribution in [0.2, 0.25) is 0 Å². The van der Waals surface area contributed by atoms with Crippen LogP contribution in [-0.4, -0.2) is 55.1 Å². The van der Waals surface area contributed by atoms with Gasteiger partial charge in [0.05, 0.1) is 26.2 Å². The van der Waals surface area contributed by atoms with Crippen molar-refractivity contribution < 1.29 is 9.69 Å². The van der Waals surface area contributed by atoms with Crippen LogP contribution in [0.5, 0.6) is 0 Å². The Hall–Kier alpha value is -1.69. The van der Waals surface area contributed by atoms with Crippen LogP contribution in [0, 0.1) is 5.92 Å². The van der Waals surface area contributed by atoms with Crippen LogP contribution in [0.3, 0.4) is 0 Å². The summed E-state index contributed by atoms with van der Waals surface area (Å²) in [6.45, 7) is 5.22. The fourth-order valence-electron chi connectivity index (χ4n) is 3.59. The van der Waals surface area contributed by atoms with E-state index < -0.39 is 0 Å². The maximum atomic E-state index is 12.1. The van der Waals surface area contributed by atoms with E-state index in [9.17, 15) is 4.79 Å². The molecule has 1 saturated carbocycles. The molecule has 2 heterocycles. The summed E-state index contributed by atoms with van der Waals surface area (Å²) in [5.74, 6) is 1.71. The van der Waals surface area contributed by atoms with Crippen LogP contribution < -0.4 is 15.1 Å². The third-order valence-electron chi connectivity index (χ3n) is 5.03. The Bertz CT molecular complexity index is 481. The molecular weight excluding hydrogens is 290 g/mol. The average Bonchev–Trinajstić information content (AvgIpc) is 2.62. The molecule has 3 rings (SSSR count). The Morgan fingerprint density at radius 3 is 2.57 bits per heavy atom. The molecule has 0 atom stereocenters. The van der Waals surface area contributed by atoms with Crippen molar-refractivity contribution in [3.8, 4) is 0 Å². The molecule has 0 unspecified atom stereocenters. The molecule has 23 heavy (non-hydrogen) atoms. The Morgan fingerprint density at radius 2 is 1.87 bits per heavy atom. The maximum Gasteiger partial charge on any atom is 0.275 e. The van der Waals surface area contributed by atoms with Gasteiger partial charge in [-0.3, -0.25) is 4.79 Å². The SMILES string of the molecule is O=C(C[NH+]1CCN(c2ncccn2)CC1)NCC1CCCCC1. The highest BCUT2D eigenvalue weighted by Crippen LogP contribution is 2.22. The number of hydrogen-bond acceptors (Lipinski definition) is 4. The molecule has 1 aromatic rings. The summed E-state index contributed by atoms with van der Waals surface area (Å²) in [7, 11) is 0. The van der Waals surface area contributed by atoms with Crippen LogP contribution in [0.25, 0.3) is 0 Å². The molecule has 6 heteroatoms. The topological polar surface area (TPSA) is 62.6 Å². The average molecular weight is 318 g/mol. The summed E-state index contributed by atoms with van der Waals surface area (Å²) in [5.41, 5.74) is 0. The van der Waals surface area contributed by atoms with E-state index in [1.54, 1.807) is 12.4 Å². The number of nitrogens with zero attached hydrogens (tertiary/aromatic N) is 3. The predicted octanol–water partition coefficient (Wildman–Crippen LogP) is -0.122. The summed E-state index contributed by atoms with van der Waals surface area (Å²) in [6, 6.07) is 1.83. The Labute approximate surface area is 138 Å². The van der Waals surface area contributed by atoms with Gasteiger partial charge in [-0.15, -0.1) is 0 Å². The van der Waals surface area contributed by atoms with E-state index in [2.05, 4.69) is 20.2 Å². The van der Waals surface area contributed by atoms with Gasteiger partial charge in [-0.05, 0) is 24.8 Å². The van der Waals surface area contributed by atoms with Crippen molar-refractivity contribution in [2.24, 2.45) is 5.92 Å². The highest BCUT2D eigenvalue weighted by atomic mass is 16.2. The standard InChI is InChI=1S/C17H27N5O/c23-16(20-13-15-5-2-1-3-6-15)14-21-9-11-22(12-10-21)17-18-7-4-8-19-17/h4,7-8,15H,1-3,5-6,9-14H2,(H,20,23)/p+1. The second kappa shape index (κ2) is 8.24. The number of aromatic nitrogens is 2. The number of rotatable bonds is 5. The van der Waals surface area contributed by atoms with Gasteiger partial charge in [0.15, 0.2) is 6.54 Å². The summed E-state index contributed by atoms with van der Waals surface area (Å²) < 4.78 is 0. The van der Waals surface area contributed by atoms with Crippen molar-refractivity contribution in [1.29, 1.82) is 0 Å². The second-order valence-corrected chi connectivity index (χ2v) is 6.77. The molecule has 0 radical (unpaired) electrons. The highest BCUT2D eigenvalue weighted by molar-refractivity contribution is 5.76. The van der Waals surface area contributed by atoms with Gasteiger partial charge in [0.25, 0.3) is 5.91 Å². The zero-order valence-electron chi connectivity index (χ0n) is 13.8. The largest absolute Gasteiger partial charge is 0.351 e. The second-order valence-electron chi connectivity index (χ2n) is 6.77. The molecule has 2 aliphatic rings. The molecule has 6 nitrogen and oxygen atoms in total. The number of carbonyl (C=O) groups excluding carboxylic acids is 1. The zero-order chi connectivity index (χ0) is 15.9. The van der Waals surface area contributed by atoms with Crippen molar-refractivity contribution in [1.82, 2.24) is 15.3 Å². The highest BCUT2D eigenvalue weighted by Gasteiger charge is 2.23. The third kappa shape index (κ3) is 4.89. The fourth-order valence-corrected chi connectivity index (χ4v) is 3.59. The molecule has 1 aromatic heterocycles. The van der Waals surface area contributed by atoms with Gasteiger partial charge in [0, 0.05) is 18.9 Å². The first-order chi connectivity index (χ1) is 11.3. The molecule has 2 fully saturated rings. The summed E-state index contributed by atoms with van der Waals surface area (Å²) in [6.07, 6.45) is 10.1. The predicted molar refractivity (Wildman–Crippen MR) is 89.4 cm³/mol. The van der Waals surface area contributed by atoms with Crippen molar-refractivity contribution in [3.05, 3.63) is 18.5 Å². The van der Waals surface area contributed by atoms with Crippen LogP contribution >= 0.6 is 0 Å². The summed E-state index contributed by atoms with van der Waals surface area (Å²) in [5, 5.41) is 3.14. The van der Waals surface area contributed by atoms with E-state index in [0.29, 0.717) is 12.5 Å². The Balaban J connectivity index is 1.36. The van der Waals surface area contributed by atoms with Crippen LogP contribution in [-0.2, 0) is 4.79 Å². The maximum absolute atomic E-state index is 12.1. The van der Waals surface area contributed by atoms with E-state index in [1.165, 1.54) is 37.0 Å². The molecule has 126 valence electrons. The zero-order valence-corrected chi connectivity index (χ0v) is 13.8. The first kappa shape index (κ1) is 16.2. The first-order valence-electron chi connectivity index (χ1n) is 8.93. The van der Waals surface area contributed by atoms with Crippen LogP contribution in [0.15, 0.2) is 18.5 Å². The normalized spacial score (nSPS) is 20.4. The molecule has 1 aliphatic carbocycles. The van der Waals surface area contributed by atoms with Gasteiger partial charge in [0.2, 0.25) is 5.95 Å². The Morgan fingerprint density at radius 1 is 1.17 bits per heavy atom. The number of nitrogens with one attached hydrogen (secondary N) is 2. The molecule has 0 spiro atoms. The number of carbonyl (C=O) groups is 1.